The van der Waals surface area contributed by atoms with Crippen molar-refractivity contribution in [3.63, 3.8) is 0 Å². The monoisotopic (exact) mass is 185 g/mol. The van der Waals surface area contributed by atoms with Crippen LogP contribution in [0.1, 0.15) is 24.1 Å². The smallest absolute Gasteiger partial charge is 0.163 e. The first-order valence-corrected chi connectivity index (χ1v) is 4.19. The zero-order valence-electron chi connectivity index (χ0n) is 7.99. The number of aryl methyl sites for hydroxylation is 1. The number of nitrogens with one attached hydrogen (secondary N) is 1. The van der Waals surface area contributed by atoms with Crippen molar-refractivity contribution in [2.24, 2.45) is 0 Å². The molecule has 0 aliphatic heterocycles. The van der Waals surface area contributed by atoms with E-state index in [1.807, 2.05) is 0 Å². The molecule has 13 heavy (non-hydrogen) atoms. The molecular formula is C10H13F2N. The van der Waals surface area contributed by atoms with Crippen molar-refractivity contribution in [3.8, 4) is 0 Å². The van der Waals surface area contributed by atoms with Gasteiger partial charge in [-0.1, -0.05) is 12.1 Å². The van der Waals surface area contributed by atoms with E-state index in [2.05, 4.69) is 5.32 Å². The van der Waals surface area contributed by atoms with Crippen LogP contribution in [0.4, 0.5) is 8.78 Å². The standard InChI is InChI=1S/C10H13F2N/c1-6-4-5-8(7(2)13-3)10(12)9(6)11/h4-5,7,13H,1-3H3. The van der Waals surface area contributed by atoms with Crippen LogP contribution in [0.15, 0.2) is 12.1 Å². The van der Waals surface area contributed by atoms with Crippen LogP contribution in [0.2, 0.25) is 0 Å². The van der Waals surface area contributed by atoms with Crippen LogP contribution >= 0.6 is 0 Å². The van der Waals surface area contributed by atoms with E-state index in [-0.39, 0.29) is 6.04 Å². The fraction of sp³-hybridized carbons (Fsp3) is 0.400. The maximum absolute atomic E-state index is 13.3. The molecule has 0 saturated carbocycles. The van der Waals surface area contributed by atoms with E-state index in [1.165, 1.54) is 0 Å². The molecule has 0 aliphatic carbocycles. The van der Waals surface area contributed by atoms with Crippen molar-refractivity contribution in [1.82, 2.24) is 5.32 Å². The molecule has 1 rings (SSSR count). The molecule has 1 unspecified atom stereocenters. The maximum Gasteiger partial charge on any atom is 0.163 e. The van der Waals surface area contributed by atoms with Gasteiger partial charge in [0.1, 0.15) is 0 Å². The Morgan fingerprint density at radius 1 is 1.23 bits per heavy atom. The number of halogens is 2. The van der Waals surface area contributed by atoms with Gasteiger partial charge in [0.25, 0.3) is 0 Å². The second-order valence-corrected chi connectivity index (χ2v) is 3.11. The Morgan fingerprint density at radius 2 is 1.85 bits per heavy atom. The summed E-state index contributed by atoms with van der Waals surface area (Å²) in [5.74, 6) is -1.50. The first kappa shape index (κ1) is 10.1. The highest BCUT2D eigenvalue weighted by atomic mass is 19.2. The molecule has 0 amide bonds. The topological polar surface area (TPSA) is 12.0 Å². The summed E-state index contributed by atoms with van der Waals surface area (Å²) in [5.41, 5.74) is 0.704. The van der Waals surface area contributed by atoms with E-state index >= 15 is 0 Å². The highest BCUT2D eigenvalue weighted by molar-refractivity contribution is 5.27. The average molecular weight is 185 g/mol. The second-order valence-electron chi connectivity index (χ2n) is 3.11. The van der Waals surface area contributed by atoms with Crippen molar-refractivity contribution in [3.05, 3.63) is 34.9 Å². The molecule has 0 bridgehead atoms. The SMILES string of the molecule is CNC(C)c1ccc(C)c(F)c1F. The summed E-state index contributed by atoms with van der Waals surface area (Å²) in [6, 6.07) is 3.02. The molecule has 0 fully saturated rings. The molecule has 3 heteroatoms. The van der Waals surface area contributed by atoms with Gasteiger partial charge in [0.15, 0.2) is 11.6 Å². The summed E-state index contributed by atoms with van der Waals surface area (Å²) < 4.78 is 26.4. The Hall–Kier alpha value is -0.960. The summed E-state index contributed by atoms with van der Waals surface area (Å²) in [6.07, 6.45) is 0. The van der Waals surface area contributed by atoms with E-state index in [9.17, 15) is 8.78 Å². The lowest BCUT2D eigenvalue weighted by Gasteiger charge is -2.12. The van der Waals surface area contributed by atoms with Crippen LogP contribution in [-0.2, 0) is 0 Å². The van der Waals surface area contributed by atoms with Crippen molar-refractivity contribution in [2.45, 2.75) is 19.9 Å². The second kappa shape index (κ2) is 3.83. The molecule has 1 atom stereocenters. The summed E-state index contributed by atoms with van der Waals surface area (Å²) in [7, 11) is 1.71. The minimum Gasteiger partial charge on any atom is -0.313 e. The van der Waals surface area contributed by atoms with Gasteiger partial charge in [0.05, 0.1) is 0 Å². The van der Waals surface area contributed by atoms with Gasteiger partial charge in [0, 0.05) is 11.6 Å². The largest absolute Gasteiger partial charge is 0.313 e. The lowest BCUT2D eigenvalue weighted by molar-refractivity contribution is 0.478. The minimum atomic E-state index is -0.750. The molecule has 0 radical (unpaired) electrons. The van der Waals surface area contributed by atoms with Gasteiger partial charge in [-0.15, -0.1) is 0 Å². The number of hydrogen-bond acceptors (Lipinski definition) is 1. The lowest BCUT2D eigenvalue weighted by Crippen LogP contribution is -2.14. The third kappa shape index (κ3) is 1.86. The van der Waals surface area contributed by atoms with Gasteiger partial charge >= 0.3 is 0 Å². The average Bonchev–Trinajstić information content (AvgIpc) is 2.13. The number of rotatable bonds is 2. The molecule has 0 aromatic heterocycles. The predicted octanol–water partition coefficient (Wildman–Crippen LogP) is 2.55. The molecule has 0 saturated heterocycles. The maximum atomic E-state index is 13.3. The lowest BCUT2D eigenvalue weighted by atomic mass is 10.1. The van der Waals surface area contributed by atoms with Crippen molar-refractivity contribution in [1.29, 1.82) is 0 Å². The summed E-state index contributed by atoms with van der Waals surface area (Å²) in [6.45, 7) is 3.33. The van der Waals surface area contributed by atoms with Gasteiger partial charge in [-0.3, -0.25) is 0 Å². The first-order valence-electron chi connectivity index (χ1n) is 4.19. The summed E-state index contributed by atoms with van der Waals surface area (Å²) >= 11 is 0. The zero-order chi connectivity index (χ0) is 10.0. The highest BCUT2D eigenvalue weighted by Gasteiger charge is 2.14. The summed E-state index contributed by atoms with van der Waals surface area (Å²) in [5, 5.41) is 2.86. The van der Waals surface area contributed by atoms with E-state index in [0.29, 0.717) is 11.1 Å². The van der Waals surface area contributed by atoms with Gasteiger partial charge < -0.3 is 5.32 Å². The van der Waals surface area contributed by atoms with Crippen molar-refractivity contribution < 1.29 is 8.78 Å². The van der Waals surface area contributed by atoms with Crippen LogP contribution in [0.25, 0.3) is 0 Å². The predicted molar refractivity (Wildman–Crippen MR) is 48.6 cm³/mol. The van der Waals surface area contributed by atoms with Crippen molar-refractivity contribution in [2.75, 3.05) is 7.05 Å². The fourth-order valence-electron chi connectivity index (χ4n) is 1.15. The Kier molecular flexibility index (Phi) is 2.98. The Bertz CT molecular complexity index is 310. The molecule has 0 heterocycles. The number of hydrogen-bond donors (Lipinski definition) is 1. The normalized spacial score (nSPS) is 13.0. The summed E-state index contributed by atoms with van der Waals surface area (Å²) in [4.78, 5) is 0. The Morgan fingerprint density at radius 3 is 2.38 bits per heavy atom. The van der Waals surface area contributed by atoms with Gasteiger partial charge in [-0.25, -0.2) is 8.78 Å². The molecular weight excluding hydrogens is 172 g/mol. The molecule has 0 aliphatic rings. The van der Waals surface area contributed by atoms with E-state index < -0.39 is 11.6 Å². The third-order valence-electron chi connectivity index (χ3n) is 2.20. The van der Waals surface area contributed by atoms with Gasteiger partial charge in [0.2, 0.25) is 0 Å². The fourth-order valence-corrected chi connectivity index (χ4v) is 1.15. The van der Waals surface area contributed by atoms with Crippen LogP contribution in [0.3, 0.4) is 0 Å². The van der Waals surface area contributed by atoms with Crippen LogP contribution in [-0.4, -0.2) is 7.05 Å². The molecule has 1 N–H and O–H groups in total. The molecule has 72 valence electrons. The molecule has 1 aromatic carbocycles. The third-order valence-corrected chi connectivity index (χ3v) is 2.20. The van der Waals surface area contributed by atoms with E-state index in [1.54, 1.807) is 33.0 Å². The molecule has 0 spiro atoms. The molecule has 1 aromatic rings. The van der Waals surface area contributed by atoms with E-state index in [0.717, 1.165) is 0 Å². The van der Waals surface area contributed by atoms with Gasteiger partial charge in [-0.2, -0.15) is 0 Å². The quantitative estimate of drug-likeness (QED) is 0.746. The zero-order valence-corrected chi connectivity index (χ0v) is 7.99. The highest BCUT2D eigenvalue weighted by Crippen LogP contribution is 2.20. The first-order chi connectivity index (χ1) is 6.07. The Balaban J connectivity index is 3.18. The van der Waals surface area contributed by atoms with Gasteiger partial charge in [-0.05, 0) is 26.5 Å². The van der Waals surface area contributed by atoms with Crippen LogP contribution in [0, 0.1) is 18.6 Å². The van der Waals surface area contributed by atoms with Crippen molar-refractivity contribution >= 4 is 0 Å². The van der Waals surface area contributed by atoms with Crippen LogP contribution in [0.5, 0.6) is 0 Å². The Labute approximate surface area is 76.8 Å². The van der Waals surface area contributed by atoms with E-state index in [4.69, 9.17) is 0 Å². The number of benzene rings is 1. The van der Waals surface area contributed by atoms with Crippen LogP contribution < -0.4 is 5.32 Å². The minimum absolute atomic E-state index is 0.171. The molecule has 1 nitrogen and oxygen atoms in total.